The highest BCUT2D eigenvalue weighted by Crippen LogP contribution is 2.44. The minimum Gasteiger partial charge on any atom is -0.256 e. The van der Waals surface area contributed by atoms with Gasteiger partial charge in [0.15, 0.2) is 0 Å². The van der Waals surface area contributed by atoms with Gasteiger partial charge in [0.05, 0.1) is 5.69 Å². The van der Waals surface area contributed by atoms with Crippen molar-refractivity contribution in [2.75, 3.05) is 0 Å². The van der Waals surface area contributed by atoms with E-state index in [1.54, 1.807) is 0 Å². The zero-order chi connectivity index (χ0) is 26.2. The molecule has 0 aliphatic carbocycles. The molecule has 0 bridgehead atoms. The summed E-state index contributed by atoms with van der Waals surface area (Å²) >= 11 is 0. The molecule has 0 aliphatic rings. The van der Waals surface area contributed by atoms with Crippen molar-refractivity contribution in [2.24, 2.45) is 0 Å². The molecule has 0 fully saturated rings. The number of hydrogen-bond donors (Lipinski definition) is 0. The van der Waals surface area contributed by atoms with E-state index in [0.717, 1.165) is 11.3 Å². The van der Waals surface area contributed by atoms with E-state index in [9.17, 15) is 0 Å². The first-order chi connectivity index (χ1) is 19.8. The SMILES string of the molecule is c1ccc(-c2cccc(-c3cc4ccc5cccc6c7cccc8ccc9cccc(c(c3)c4c56)c9c87)c2)nc1. The Bertz CT molecular complexity index is 2410. The van der Waals surface area contributed by atoms with Crippen LogP contribution in [0.5, 0.6) is 0 Å². The van der Waals surface area contributed by atoms with E-state index in [-0.39, 0.29) is 0 Å². The van der Waals surface area contributed by atoms with Gasteiger partial charge in [0.25, 0.3) is 0 Å². The van der Waals surface area contributed by atoms with Crippen molar-refractivity contribution in [1.82, 2.24) is 4.98 Å². The molecule has 1 heterocycles. The number of aromatic nitrogens is 1. The molecule has 0 radical (unpaired) electrons. The van der Waals surface area contributed by atoms with Crippen molar-refractivity contribution < 1.29 is 0 Å². The number of fused-ring (bicyclic) bond motifs is 2. The van der Waals surface area contributed by atoms with Crippen LogP contribution in [0.2, 0.25) is 0 Å². The normalized spacial score (nSPS) is 12.0. The molecule has 0 atom stereocenters. The summed E-state index contributed by atoms with van der Waals surface area (Å²) < 4.78 is 0. The maximum absolute atomic E-state index is 4.60. The fourth-order valence-electron chi connectivity index (χ4n) is 6.84. The van der Waals surface area contributed by atoms with Gasteiger partial charge in [0.2, 0.25) is 0 Å². The number of hydrogen-bond acceptors (Lipinski definition) is 1. The summed E-state index contributed by atoms with van der Waals surface area (Å²) in [6.07, 6.45) is 1.86. The zero-order valence-corrected chi connectivity index (χ0v) is 21.7. The minimum atomic E-state index is 0.989. The quantitative estimate of drug-likeness (QED) is 0.213. The van der Waals surface area contributed by atoms with Crippen LogP contribution in [0.1, 0.15) is 0 Å². The van der Waals surface area contributed by atoms with Gasteiger partial charge in [-0.25, -0.2) is 0 Å². The van der Waals surface area contributed by atoms with Crippen LogP contribution in [0.25, 0.3) is 87.0 Å². The Balaban J connectivity index is 1.51. The van der Waals surface area contributed by atoms with Gasteiger partial charge in [-0.15, -0.1) is 0 Å². The van der Waals surface area contributed by atoms with Gasteiger partial charge >= 0.3 is 0 Å². The lowest BCUT2D eigenvalue weighted by molar-refractivity contribution is 1.33. The Kier molecular flexibility index (Phi) is 4.39. The molecule has 1 nitrogen and oxygen atoms in total. The van der Waals surface area contributed by atoms with Crippen LogP contribution in [0, 0.1) is 0 Å². The molecule has 0 aliphatic heterocycles. The molecule has 1 heteroatoms. The fourth-order valence-corrected chi connectivity index (χ4v) is 6.84. The van der Waals surface area contributed by atoms with Crippen LogP contribution in [0.15, 0.2) is 140 Å². The topological polar surface area (TPSA) is 12.9 Å². The van der Waals surface area contributed by atoms with Gasteiger partial charge in [-0.1, -0.05) is 103 Å². The van der Waals surface area contributed by atoms with Crippen molar-refractivity contribution in [3.05, 3.63) is 140 Å². The summed E-state index contributed by atoms with van der Waals surface area (Å²) in [6, 6.07) is 49.0. The van der Waals surface area contributed by atoms with E-state index in [2.05, 4.69) is 126 Å². The third-order valence-electron chi connectivity index (χ3n) is 8.58. The monoisotopic (exact) mass is 505 g/mol. The molecule has 0 unspecified atom stereocenters. The lowest BCUT2D eigenvalue weighted by Crippen LogP contribution is -1.89. The standard InChI is InChI=1S/C39H23N/c1-2-20-40-35(15-1)28-11-3-10-27(21-28)30-22-29-19-18-26-8-5-13-32-31-12-4-7-24-16-17-25-9-6-14-33(38(25)36(24)31)34(23-30)39(29)37(26)32/h1-23H. The third kappa shape index (κ3) is 3.00. The molecule has 0 saturated carbocycles. The van der Waals surface area contributed by atoms with E-state index in [1.165, 1.54) is 75.8 Å². The highest BCUT2D eigenvalue weighted by molar-refractivity contribution is 6.37. The van der Waals surface area contributed by atoms with Crippen LogP contribution in [-0.4, -0.2) is 4.98 Å². The zero-order valence-electron chi connectivity index (χ0n) is 21.7. The van der Waals surface area contributed by atoms with Crippen LogP contribution >= 0.6 is 0 Å². The molecule has 0 N–H and O–H groups in total. The molecule has 184 valence electrons. The average molecular weight is 506 g/mol. The minimum absolute atomic E-state index is 0.989. The van der Waals surface area contributed by atoms with Gasteiger partial charge in [-0.2, -0.15) is 0 Å². The molecule has 0 spiro atoms. The van der Waals surface area contributed by atoms with Crippen molar-refractivity contribution in [1.29, 1.82) is 0 Å². The van der Waals surface area contributed by atoms with E-state index in [1.807, 2.05) is 18.3 Å². The molecular formula is C39H23N. The van der Waals surface area contributed by atoms with E-state index < -0.39 is 0 Å². The second-order valence-electron chi connectivity index (χ2n) is 10.8. The third-order valence-corrected chi connectivity index (χ3v) is 8.58. The second-order valence-corrected chi connectivity index (χ2v) is 10.8. The van der Waals surface area contributed by atoms with Crippen molar-refractivity contribution >= 4 is 64.6 Å². The molecule has 40 heavy (non-hydrogen) atoms. The number of rotatable bonds is 2. The Morgan fingerprint density at radius 1 is 0.325 bits per heavy atom. The predicted molar refractivity (Wildman–Crippen MR) is 171 cm³/mol. The summed E-state index contributed by atoms with van der Waals surface area (Å²) in [5.41, 5.74) is 4.53. The van der Waals surface area contributed by atoms with Crippen molar-refractivity contribution in [3.8, 4) is 22.4 Å². The Labute approximate surface area is 231 Å². The summed E-state index contributed by atoms with van der Waals surface area (Å²) in [5.74, 6) is 0. The second kappa shape index (κ2) is 8.11. The van der Waals surface area contributed by atoms with Crippen LogP contribution in [0.3, 0.4) is 0 Å². The summed E-state index contributed by atoms with van der Waals surface area (Å²) in [6.45, 7) is 0. The molecule has 0 saturated heterocycles. The van der Waals surface area contributed by atoms with Crippen LogP contribution < -0.4 is 0 Å². The first kappa shape index (κ1) is 21.6. The van der Waals surface area contributed by atoms with E-state index in [0.29, 0.717) is 0 Å². The molecule has 9 rings (SSSR count). The summed E-state index contributed by atoms with van der Waals surface area (Å²) in [7, 11) is 0. The predicted octanol–water partition coefficient (Wildman–Crippen LogP) is 10.8. The molecule has 9 aromatic rings. The number of nitrogens with zero attached hydrogens (tertiary/aromatic N) is 1. The maximum atomic E-state index is 4.60. The highest BCUT2D eigenvalue weighted by Gasteiger charge is 2.16. The first-order valence-electron chi connectivity index (χ1n) is 13.8. The highest BCUT2D eigenvalue weighted by atomic mass is 14.7. The van der Waals surface area contributed by atoms with Gasteiger partial charge in [-0.3, -0.25) is 4.98 Å². The lowest BCUT2D eigenvalue weighted by Gasteiger charge is -2.17. The molecule has 8 aromatic carbocycles. The van der Waals surface area contributed by atoms with Gasteiger partial charge < -0.3 is 0 Å². The molecule has 1 aromatic heterocycles. The fraction of sp³-hybridized carbons (Fsp3) is 0. The summed E-state index contributed by atoms with van der Waals surface area (Å²) in [4.78, 5) is 4.60. The molecular weight excluding hydrogens is 482 g/mol. The van der Waals surface area contributed by atoms with Crippen LogP contribution in [-0.2, 0) is 0 Å². The molecule has 0 amide bonds. The van der Waals surface area contributed by atoms with E-state index >= 15 is 0 Å². The number of benzene rings is 7. The van der Waals surface area contributed by atoms with Crippen molar-refractivity contribution in [3.63, 3.8) is 0 Å². The van der Waals surface area contributed by atoms with E-state index in [4.69, 9.17) is 0 Å². The first-order valence-corrected chi connectivity index (χ1v) is 13.8. The number of pyridine rings is 1. The van der Waals surface area contributed by atoms with Crippen LogP contribution in [0.4, 0.5) is 0 Å². The van der Waals surface area contributed by atoms with Gasteiger partial charge in [0.1, 0.15) is 0 Å². The Hall–Kier alpha value is -5.27. The smallest absolute Gasteiger partial charge is 0.0702 e. The lowest BCUT2D eigenvalue weighted by atomic mass is 9.86. The maximum Gasteiger partial charge on any atom is 0.0702 e. The largest absolute Gasteiger partial charge is 0.256 e. The average Bonchev–Trinajstić information content (AvgIpc) is 3.03. The van der Waals surface area contributed by atoms with Crippen molar-refractivity contribution in [2.45, 2.75) is 0 Å². The summed E-state index contributed by atoms with van der Waals surface area (Å²) in [5, 5.41) is 15.7. The van der Waals surface area contributed by atoms with Gasteiger partial charge in [-0.05, 0) is 106 Å². The Morgan fingerprint density at radius 2 is 0.875 bits per heavy atom. The Morgan fingerprint density at radius 3 is 1.50 bits per heavy atom. The van der Waals surface area contributed by atoms with Gasteiger partial charge in [0, 0.05) is 11.8 Å².